The van der Waals surface area contributed by atoms with Crippen LogP contribution in [0.2, 0.25) is 10.0 Å². The molecule has 0 aliphatic carbocycles. The number of fused-ring (bicyclic) bond motifs is 1. The van der Waals surface area contributed by atoms with Gasteiger partial charge in [-0.15, -0.1) is 0 Å². The number of carbonyl (C=O) groups excluding carboxylic acids is 1. The fraction of sp³-hybridized carbons (Fsp3) is 0. The molecule has 0 spiro atoms. The van der Waals surface area contributed by atoms with Crippen molar-refractivity contribution in [3.8, 4) is 11.1 Å². The average Bonchev–Trinajstić information content (AvgIpc) is 2.46. The third kappa shape index (κ3) is 2.47. The van der Waals surface area contributed by atoms with E-state index in [1.165, 1.54) is 12.1 Å². The molecule has 0 saturated heterocycles. The first-order valence-electron chi connectivity index (χ1n) is 6.29. The quantitative estimate of drug-likeness (QED) is 0.723. The van der Waals surface area contributed by atoms with Crippen molar-refractivity contribution in [2.24, 2.45) is 5.73 Å². The summed E-state index contributed by atoms with van der Waals surface area (Å²) < 4.78 is 5.27. The Morgan fingerprint density at radius 2 is 1.68 bits per heavy atom. The lowest BCUT2D eigenvalue weighted by atomic mass is 10.0. The number of primary amides is 1. The molecule has 1 amide bonds. The Hall–Kier alpha value is -2.30. The van der Waals surface area contributed by atoms with Crippen LogP contribution in [0.5, 0.6) is 0 Å². The maximum Gasteiger partial charge on any atom is 0.344 e. The van der Waals surface area contributed by atoms with Crippen LogP contribution < -0.4 is 11.4 Å². The lowest BCUT2D eigenvalue weighted by molar-refractivity contribution is 0.100. The van der Waals surface area contributed by atoms with Crippen LogP contribution >= 0.6 is 23.2 Å². The number of rotatable bonds is 2. The van der Waals surface area contributed by atoms with Gasteiger partial charge in [0.25, 0.3) is 0 Å². The molecule has 1 aromatic heterocycles. The van der Waals surface area contributed by atoms with Gasteiger partial charge >= 0.3 is 5.63 Å². The van der Waals surface area contributed by atoms with E-state index in [9.17, 15) is 9.59 Å². The topological polar surface area (TPSA) is 73.3 Å². The van der Waals surface area contributed by atoms with Crippen molar-refractivity contribution in [3.63, 3.8) is 0 Å². The third-order valence-corrected chi connectivity index (χ3v) is 3.83. The maximum atomic E-state index is 12.2. The minimum atomic E-state index is -0.652. The van der Waals surface area contributed by atoms with Crippen LogP contribution in [0.15, 0.2) is 51.7 Å². The molecular weight excluding hydrogens is 325 g/mol. The van der Waals surface area contributed by atoms with E-state index in [4.69, 9.17) is 33.4 Å². The molecule has 2 N–H and O–H groups in total. The summed E-state index contributed by atoms with van der Waals surface area (Å²) in [6, 6.07) is 11.5. The second kappa shape index (κ2) is 5.48. The van der Waals surface area contributed by atoms with Crippen molar-refractivity contribution in [1.29, 1.82) is 0 Å². The molecule has 6 heteroatoms. The highest BCUT2D eigenvalue weighted by molar-refractivity contribution is 6.39. The second-order valence-electron chi connectivity index (χ2n) is 4.66. The number of hydrogen-bond acceptors (Lipinski definition) is 3. The van der Waals surface area contributed by atoms with Gasteiger partial charge in [-0.05, 0) is 24.3 Å². The normalized spacial score (nSPS) is 10.8. The summed E-state index contributed by atoms with van der Waals surface area (Å²) in [7, 11) is 0. The molecule has 4 nitrogen and oxygen atoms in total. The number of carbonyl (C=O) groups is 1. The van der Waals surface area contributed by atoms with Crippen LogP contribution in [-0.2, 0) is 0 Å². The van der Waals surface area contributed by atoms with Crippen LogP contribution in [-0.4, -0.2) is 5.91 Å². The van der Waals surface area contributed by atoms with E-state index < -0.39 is 11.5 Å². The van der Waals surface area contributed by atoms with Crippen molar-refractivity contribution < 1.29 is 9.21 Å². The van der Waals surface area contributed by atoms with E-state index in [1.54, 1.807) is 24.3 Å². The Kier molecular flexibility index (Phi) is 3.64. The number of benzene rings is 2. The summed E-state index contributed by atoms with van der Waals surface area (Å²) in [5, 5.41) is 1.05. The Morgan fingerprint density at radius 1 is 1.05 bits per heavy atom. The van der Waals surface area contributed by atoms with E-state index in [2.05, 4.69) is 0 Å². The summed E-state index contributed by atoms with van der Waals surface area (Å²) in [6.45, 7) is 0. The zero-order valence-electron chi connectivity index (χ0n) is 11.1. The fourth-order valence-corrected chi connectivity index (χ4v) is 2.90. The Bertz CT molecular complexity index is 940. The van der Waals surface area contributed by atoms with Gasteiger partial charge in [0.1, 0.15) is 5.58 Å². The predicted octanol–water partition coefficient (Wildman–Crippen LogP) is 3.87. The molecular formula is C16H9Cl2NO3. The predicted molar refractivity (Wildman–Crippen MR) is 86.5 cm³/mol. The van der Waals surface area contributed by atoms with E-state index in [0.717, 1.165) is 5.39 Å². The molecule has 0 radical (unpaired) electrons. The van der Waals surface area contributed by atoms with Crippen LogP contribution in [0.4, 0.5) is 0 Å². The van der Waals surface area contributed by atoms with Crippen LogP contribution in [0.3, 0.4) is 0 Å². The highest BCUT2D eigenvalue weighted by Gasteiger charge is 2.17. The Balaban J connectivity index is 2.30. The summed E-state index contributed by atoms with van der Waals surface area (Å²) in [4.78, 5) is 23.4. The number of halogens is 2. The van der Waals surface area contributed by atoms with Crippen molar-refractivity contribution in [1.82, 2.24) is 0 Å². The average molecular weight is 334 g/mol. The summed E-state index contributed by atoms with van der Waals surface area (Å²) in [6.07, 6.45) is 0. The minimum absolute atomic E-state index is 0.156. The van der Waals surface area contributed by atoms with E-state index in [0.29, 0.717) is 11.1 Å². The highest BCUT2D eigenvalue weighted by Crippen LogP contribution is 2.35. The molecule has 22 heavy (non-hydrogen) atoms. The molecule has 0 unspecified atom stereocenters. The van der Waals surface area contributed by atoms with Gasteiger partial charge in [-0.1, -0.05) is 41.4 Å². The lowest BCUT2D eigenvalue weighted by Crippen LogP contribution is -2.11. The SMILES string of the molecule is NC(=O)c1cc(Cl)c(-c2cc3ccccc3oc2=O)c(Cl)c1. The van der Waals surface area contributed by atoms with Crippen molar-refractivity contribution in [2.45, 2.75) is 0 Å². The standard InChI is InChI=1S/C16H9Cl2NO3/c17-11-6-9(15(19)20)7-12(18)14(11)10-5-8-3-1-2-4-13(8)22-16(10)21/h1-7H,(H2,19,20). The summed E-state index contributed by atoms with van der Waals surface area (Å²) in [5.74, 6) is -0.652. The van der Waals surface area contributed by atoms with Crippen molar-refractivity contribution in [3.05, 3.63) is 68.5 Å². The third-order valence-electron chi connectivity index (χ3n) is 3.24. The van der Waals surface area contributed by atoms with E-state index in [-0.39, 0.29) is 21.2 Å². The van der Waals surface area contributed by atoms with Gasteiger partial charge in [-0.3, -0.25) is 4.79 Å². The minimum Gasteiger partial charge on any atom is -0.422 e. The maximum absolute atomic E-state index is 12.2. The fourth-order valence-electron chi connectivity index (χ4n) is 2.21. The molecule has 0 bridgehead atoms. The molecule has 0 saturated carbocycles. The second-order valence-corrected chi connectivity index (χ2v) is 5.48. The molecule has 0 aliphatic rings. The van der Waals surface area contributed by atoms with Gasteiger partial charge in [-0.25, -0.2) is 4.79 Å². The van der Waals surface area contributed by atoms with Gasteiger partial charge < -0.3 is 10.2 Å². The summed E-state index contributed by atoms with van der Waals surface area (Å²) in [5.41, 5.74) is 5.83. The smallest absolute Gasteiger partial charge is 0.344 e. The highest BCUT2D eigenvalue weighted by atomic mass is 35.5. The molecule has 0 atom stereocenters. The van der Waals surface area contributed by atoms with E-state index >= 15 is 0 Å². The lowest BCUT2D eigenvalue weighted by Gasteiger charge is -2.08. The first-order chi connectivity index (χ1) is 10.5. The molecule has 1 heterocycles. The van der Waals surface area contributed by atoms with Gasteiger partial charge in [0.15, 0.2) is 0 Å². The molecule has 3 aromatic rings. The van der Waals surface area contributed by atoms with Crippen LogP contribution in [0, 0.1) is 0 Å². The first kappa shape index (κ1) is 14.6. The van der Waals surface area contributed by atoms with Crippen molar-refractivity contribution >= 4 is 40.1 Å². The number of para-hydroxylation sites is 1. The zero-order chi connectivity index (χ0) is 15.9. The molecule has 3 rings (SSSR count). The number of nitrogens with two attached hydrogens (primary N) is 1. The van der Waals surface area contributed by atoms with Gasteiger partial charge in [-0.2, -0.15) is 0 Å². The van der Waals surface area contributed by atoms with Gasteiger partial charge in [0.2, 0.25) is 5.91 Å². The molecule has 0 fully saturated rings. The molecule has 110 valence electrons. The Morgan fingerprint density at radius 3 is 2.32 bits per heavy atom. The molecule has 2 aromatic carbocycles. The first-order valence-corrected chi connectivity index (χ1v) is 7.05. The summed E-state index contributed by atoms with van der Waals surface area (Å²) >= 11 is 12.3. The number of hydrogen-bond donors (Lipinski definition) is 1. The Labute approximate surface area is 135 Å². The van der Waals surface area contributed by atoms with E-state index in [1.807, 2.05) is 6.07 Å². The monoisotopic (exact) mass is 333 g/mol. The molecule has 0 aliphatic heterocycles. The van der Waals surface area contributed by atoms with Gasteiger partial charge in [0, 0.05) is 16.5 Å². The van der Waals surface area contributed by atoms with Crippen LogP contribution in [0.25, 0.3) is 22.1 Å². The van der Waals surface area contributed by atoms with Gasteiger partial charge in [0.05, 0.1) is 15.6 Å². The van der Waals surface area contributed by atoms with Crippen LogP contribution in [0.1, 0.15) is 10.4 Å². The number of amides is 1. The largest absolute Gasteiger partial charge is 0.422 e. The zero-order valence-corrected chi connectivity index (χ0v) is 12.6. The van der Waals surface area contributed by atoms with Crippen molar-refractivity contribution in [2.75, 3.05) is 0 Å².